The Morgan fingerprint density at radius 1 is 1.08 bits per heavy atom. The third-order valence-corrected chi connectivity index (χ3v) is 4.10. The van der Waals surface area contributed by atoms with Crippen molar-refractivity contribution in [2.24, 2.45) is 0 Å². The molecule has 1 unspecified atom stereocenters. The van der Waals surface area contributed by atoms with Crippen LogP contribution < -0.4 is 5.32 Å². The van der Waals surface area contributed by atoms with Crippen LogP contribution in [0.2, 0.25) is 0 Å². The van der Waals surface area contributed by atoms with Gasteiger partial charge in [0.05, 0.1) is 11.3 Å². The number of nitrogens with one attached hydrogen (secondary N) is 1. The summed E-state index contributed by atoms with van der Waals surface area (Å²) in [4.78, 5) is 24.0. The van der Waals surface area contributed by atoms with Crippen molar-refractivity contribution in [3.63, 3.8) is 0 Å². The molecule has 0 aliphatic rings. The predicted molar refractivity (Wildman–Crippen MR) is 89.3 cm³/mol. The lowest BCUT2D eigenvalue weighted by atomic mass is 9.83. The van der Waals surface area contributed by atoms with E-state index in [0.717, 1.165) is 5.56 Å². The number of halogens is 1. The van der Waals surface area contributed by atoms with Gasteiger partial charge in [-0.2, -0.15) is 0 Å². The van der Waals surface area contributed by atoms with Crippen LogP contribution in [0, 0.1) is 5.82 Å². The normalized spacial score (nSPS) is 12.5. The van der Waals surface area contributed by atoms with Gasteiger partial charge in [0.1, 0.15) is 5.82 Å². The van der Waals surface area contributed by atoms with E-state index in [9.17, 15) is 19.1 Å². The second kappa shape index (κ2) is 7.25. The third kappa shape index (κ3) is 3.98. The Bertz CT molecular complexity index is 711. The van der Waals surface area contributed by atoms with Crippen molar-refractivity contribution in [3.8, 4) is 0 Å². The number of hydrogen-bond acceptors (Lipinski definition) is 2. The predicted octanol–water partition coefficient (Wildman–Crippen LogP) is 3.09. The van der Waals surface area contributed by atoms with Gasteiger partial charge in [0, 0.05) is 6.54 Å². The van der Waals surface area contributed by atoms with Crippen molar-refractivity contribution in [2.75, 3.05) is 6.54 Å². The van der Waals surface area contributed by atoms with E-state index in [-0.39, 0.29) is 12.5 Å². The molecule has 0 aliphatic carbocycles. The third-order valence-electron chi connectivity index (χ3n) is 4.10. The fourth-order valence-electron chi connectivity index (χ4n) is 2.44. The van der Waals surface area contributed by atoms with Crippen LogP contribution in [0.4, 0.5) is 4.39 Å². The van der Waals surface area contributed by atoms with E-state index in [0.29, 0.717) is 5.56 Å². The quantitative estimate of drug-likeness (QED) is 0.856. The minimum Gasteiger partial charge on any atom is -0.481 e. The molecule has 1 amide bonds. The molecule has 1 atom stereocenters. The minimum atomic E-state index is -1.07. The molecule has 0 spiro atoms. The van der Waals surface area contributed by atoms with E-state index < -0.39 is 23.1 Å². The Labute approximate surface area is 140 Å². The lowest BCUT2D eigenvalue weighted by molar-refractivity contribution is -0.138. The van der Waals surface area contributed by atoms with Crippen molar-refractivity contribution in [3.05, 3.63) is 71.5 Å². The summed E-state index contributed by atoms with van der Waals surface area (Å²) in [7, 11) is 0. The van der Waals surface area contributed by atoms with Crippen molar-refractivity contribution in [2.45, 2.75) is 25.2 Å². The van der Waals surface area contributed by atoms with E-state index in [1.54, 1.807) is 13.8 Å². The molecule has 2 rings (SSSR count). The second-order valence-electron chi connectivity index (χ2n) is 6.14. The first-order valence-electron chi connectivity index (χ1n) is 7.64. The number of hydrogen-bond donors (Lipinski definition) is 2. The average molecular weight is 329 g/mol. The molecule has 0 saturated carbocycles. The largest absolute Gasteiger partial charge is 0.481 e. The molecule has 0 bridgehead atoms. The van der Waals surface area contributed by atoms with Gasteiger partial charge in [0.2, 0.25) is 5.91 Å². The highest BCUT2D eigenvalue weighted by atomic mass is 19.1. The summed E-state index contributed by atoms with van der Waals surface area (Å²) in [5, 5.41) is 12.1. The lowest BCUT2D eigenvalue weighted by Crippen LogP contribution is -2.42. The Morgan fingerprint density at radius 2 is 1.67 bits per heavy atom. The highest BCUT2D eigenvalue weighted by Crippen LogP contribution is 2.23. The highest BCUT2D eigenvalue weighted by molar-refractivity contribution is 5.88. The molecule has 0 fully saturated rings. The summed E-state index contributed by atoms with van der Waals surface area (Å²) >= 11 is 0. The number of carboxylic acid groups (broad SMARTS) is 1. The molecular formula is C19H20FNO3. The topological polar surface area (TPSA) is 66.4 Å². The number of carboxylic acids is 1. The Kier molecular flexibility index (Phi) is 5.34. The average Bonchev–Trinajstić information content (AvgIpc) is 2.57. The van der Waals surface area contributed by atoms with Gasteiger partial charge in [-0.1, -0.05) is 42.5 Å². The molecule has 5 heteroatoms. The smallest absolute Gasteiger partial charge is 0.312 e. The molecule has 2 aromatic rings. The van der Waals surface area contributed by atoms with Gasteiger partial charge in [-0.15, -0.1) is 0 Å². The van der Waals surface area contributed by atoms with Crippen molar-refractivity contribution in [1.29, 1.82) is 0 Å². The van der Waals surface area contributed by atoms with E-state index in [4.69, 9.17) is 0 Å². The monoisotopic (exact) mass is 329 g/mol. The molecule has 4 nitrogen and oxygen atoms in total. The Morgan fingerprint density at radius 3 is 2.21 bits per heavy atom. The van der Waals surface area contributed by atoms with E-state index in [1.165, 1.54) is 24.3 Å². The molecule has 0 aromatic heterocycles. The van der Waals surface area contributed by atoms with Gasteiger partial charge < -0.3 is 10.4 Å². The van der Waals surface area contributed by atoms with Crippen molar-refractivity contribution in [1.82, 2.24) is 5.32 Å². The number of rotatable bonds is 6. The van der Waals surface area contributed by atoms with Crippen molar-refractivity contribution >= 4 is 11.9 Å². The first kappa shape index (κ1) is 17.7. The Balaban J connectivity index is 2.10. The lowest BCUT2D eigenvalue weighted by Gasteiger charge is -2.25. The van der Waals surface area contributed by atoms with Crippen LogP contribution in [-0.2, 0) is 15.0 Å². The standard InChI is InChI=1S/C19H20FNO3/c1-19(2,14-6-4-3-5-7-14)18(24)21-12-16(17(22)23)13-8-10-15(20)11-9-13/h3-11,16H,12H2,1-2H3,(H,21,24)(H,22,23). The SMILES string of the molecule is CC(C)(C(=O)NCC(C(=O)O)c1ccc(F)cc1)c1ccccc1. The molecule has 2 aromatic carbocycles. The molecule has 0 heterocycles. The van der Waals surface area contributed by atoms with Crippen LogP contribution in [0.5, 0.6) is 0 Å². The first-order chi connectivity index (χ1) is 11.3. The fraction of sp³-hybridized carbons (Fsp3) is 0.263. The number of benzene rings is 2. The summed E-state index contributed by atoms with van der Waals surface area (Å²) in [6.07, 6.45) is 0. The van der Waals surface area contributed by atoms with Gasteiger partial charge in [0.15, 0.2) is 0 Å². The summed E-state index contributed by atoms with van der Waals surface area (Å²) in [5.74, 6) is -2.69. The van der Waals surface area contributed by atoms with Gasteiger partial charge in [-0.3, -0.25) is 9.59 Å². The number of aliphatic carboxylic acids is 1. The maximum atomic E-state index is 13.0. The van der Waals surface area contributed by atoms with Crippen LogP contribution >= 0.6 is 0 Å². The van der Waals surface area contributed by atoms with Crippen LogP contribution in [0.3, 0.4) is 0 Å². The summed E-state index contributed by atoms with van der Waals surface area (Å²) in [5.41, 5.74) is 0.505. The summed E-state index contributed by atoms with van der Waals surface area (Å²) < 4.78 is 13.0. The first-order valence-corrected chi connectivity index (χ1v) is 7.64. The van der Waals surface area contributed by atoms with E-state index >= 15 is 0 Å². The highest BCUT2D eigenvalue weighted by Gasteiger charge is 2.31. The molecule has 0 radical (unpaired) electrons. The molecule has 126 valence electrons. The zero-order valence-electron chi connectivity index (χ0n) is 13.6. The van der Waals surface area contributed by atoms with Gasteiger partial charge in [0.25, 0.3) is 0 Å². The maximum Gasteiger partial charge on any atom is 0.312 e. The minimum absolute atomic E-state index is 0.0595. The van der Waals surface area contributed by atoms with Crippen LogP contribution in [0.1, 0.15) is 30.9 Å². The molecule has 0 saturated heterocycles. The summed E-state index contributed by atoms with van der Waals surface area (Å²) in [6, 6.07) is 14.5. The zero-order valence-corrected chi connectivity index (χ0v) is 13.6. The molecule has 0 aliphatic heterocycles. The zero-order chi connectivity index (χ0) is 17.7. The number of carbonyl (C=O) groups is 2. The molecule has 24 heavy (non-hydrogen) atoms. The second-order valence-corrected chi connectivity index (χ2v) is 6.14. The van der Waals surface area contributed by atoms with E-state index in [1.807, 2.05) is 30.3 Å². The molecular weight excluding hydrogens is 309 g/mol. The summed E-state index contributed by atoms with van der Waals surface area (Å²) in [6.45, 7) is 3.51. The van der Waals surface area contributed by atoms with Crippen molar-refractivity contribution < 1.29 is 19.1 Å². The van der Waals surface area contributed by atoms with Gasteiger partial charge in [-0.05, 0) is 37.1 Å². The number of carbonyl (C=O) groups excluding carboxylic acids is 1. The van der Waals surface area contributed by atoms with Crippen LogP contribution in [-0.4, -0.2) is 23.5 Å². The Hall–Kier alpha value is -2.69. The number of amides is 1. The fourth-order valence-corrected chi connectivity index (χ4v) is 2.44. The molecule has 2 N–H and O–H groups in total. The van der Waals surface area contributed by atoms with Crippen LogP contribution in [0.15, 0.2) is 54.6 Å². The van der Waals surface area contributed by atoms with Crippen LogP contribution in [0.25, 0.3) is 0 Å². The van der Waals surface area contributed by atoms with Gasteiger partial charge >= 0.3 is 5.97 Å². The maximum absolute atomic E-state index is 13.0. The van der Waals surface area contributed by atoms with E-state index in [2.05, 4.69) is 5.32 Å². The van der Waals surface area contributed by atoms with Gasteiger partial charge in [-0.25, -0.2) is 4.39 Å².